The number of nitrogens with one attached hydrogen (secondary N) is 3. The number of hydrogen-bond acceptors (Lipinski definition) is 3. The van der Waals surface area contributed by atoms with E-state index in [9.17, 15) is 9.59 Å². The van der Waals surface area contributed by atoms with Crippen LogP contribution in [0.2, 0.25) is 0 Å². The number of Topliss-reactive ketones (excluding diaryl/α,β-unsaturated/α-hetero) is 1. The summed E-state index contributed by atoms with van der Waals surface area (Å²) in [5, 5.41) is 2.67. The van der Waals surface area contributed by atoms with E-state index in [1.165, 1.54) is 0 Å². The summed E-state index contributed by atoms with van der Waals surface area (Å²) in [6.45, 7) is 8.38. The molecule has 0 aliphatic heterocycles. The van der Waals surface area contributed by atoms with Gasteiger partial charge in [0.15, 0.2) is 5.78 Å². The van der Waals surface area contributed by atoms with Crippen molar-refractivity contribution in [3.63, 3.8) is 0 Å². The number of urea groups is 1. The summed E-state index contributed by atoms with van der Waals surface area (Å²) in [7, 11) is 0. The first-order valence-electron chi connectivity index (χ1n) is 5.83. The first-order valence-corrected chi connectivity index (χ1v) is 5.83. The number of ketones is 1. The Hall–Kier alpha value is -1.10. The summed E-state index contributed by atoms with van der Waals surface area (Å²) in [5.41, 5.74) is 5.15. The molecule has 5 heteroatoms. The Bertz CT molecular complexity index is 229. The van der Waals surface area contributed by atoms with Gasteiger partial charge in [0.05, 0.1) is 6.04 Å². The SMILES string of the molecule is CCNNC(=O)N[C@H](CC(C)C)C(=O)CC. The average Bonchev–Trinajstić information content (AvgIpc) is 2.23. The monoisotopic (exact) mass is 229 g/mol. The van der Waals surface area contributed by atoms with Crippen LogP contribution in [-0.2, 0) is 4.79 Å². The molecular formula is C11H23N3O2. The van der Waals surface area contributed by atoms with E-state index in [1.54, 1.807) is 6.92 Å². The zero-order valence-corrected chi connectivity index (χ0v) is 10.6. The lowest BCUT2D eigenvalue weighted by Crippen LogP contribution is -2.50. The summed E-state index contributed by atoms with van der Waals surface area (Å²) < 4.78 is 0. The Morgan fingerprint density at radius 2 is 1.81 bits per heavy atom. The van der Waals surface area contributed by atoms with Crippen LogP contribution in [-0.4, -0.2) is 24.4 Å². The molecule has 0 fully saturated rings. The van der Waals surface area contributed by atoms with Crippen molar-refractivity contribution < 1.29 is 9.59 Å². The third-order valence-corrected chi connectivity index (χ3v) is 2.13. The summed E-state index contributed by atoms with van der Waals surface area (Å²) in [5.74, 6) is 0.445. The van der Waals surface area contributed by atoms with Gasteiger partial charge in [-0.3, -0.25) is 10.2 Å². The second kappa shape index (κ2) is 8.10. The van der Waals surface area contributed by atoms with Gasteiger partial charge in [-0.2, -0.15) is 0 Å². The van der Waals surface area contributed by atoms with Gasteiger partial charge in [-0.05, 0) is 12.3 Å². The molecule has 3 N–H and O–H groups in total. The fourth-order valence-corrected chi connectivity index (χ4v) is 1.35. The molecular weight excluding hydrogens is 206 g/mol. The van der Waals surface area contributed by atoms with Crippen molar-refractivity contribution in [3.8, 4) is 0 Å². The maximum atomic E-state index is 11.6. The van der Waals surface area contributed by atoms with Gasteiger partial charge < -0.3 is 5.32 Å². The summed E-state index contributed by atoms with van der Waals surface area (Å²) in [6, 6.07) is -0.738. The van der Waals surface area contributed by atoms with Gasteiger partial charge in [-0.25, -0.2) is 10.2 Å². The standard InChI is InChI=1S/C11H23N3O2/c1-5-10(15)9(7-8(3)4)13-11(16)14-12-6-2/h8-9,12H,5-7H2,1-4H3,(H2,13,14,16)/t9-/m1/s1. The van der Waals surface area contributed by atoms with Crippen LogP contribution in [0.1, 0.15) is 40.5 Å². The molecule has 0 aromatic rings. The van der Waals surface area contributed by atoms with Gasteiger partial charge in [0, 0.05) is 13.0 Å². The third-order valence-electron chi connectivity index (χ3n) is 2.13. The molecule has 0 heterocycles. The first-order chi connectivity index (χ1) is 7.51. The van der Waals surface area contributed by atoms with E-state index in [1.807, 2.05) is 20.8 Å². The zero-order chi connectivity index (χ0) is 12.6. The number of hydrogen-bond donors (Lipinski definition) is 3. The molecule has 1 atom stereocenters. The van der Waals surface area contributed by atoms with Crippen LogP contribution in [0.5, 0.6) is 0 Å². The van der Waals surface area contributed by atoms with Crippen LogP contribution in [0.25, 0.3) is 0 Å². The Morgan fingerprint density at radius 1 is 1.19 bits per heavy atom. The quantitative estimate of drug-likeness (QED) is 0.575. The predicted octanol–water partition coefficient (Wildman–Crippen LogP) is 1.20. The van der Waals surface area contributed by atoms with E-state index in [0.29, 0.717) is 25.3 Å². The van der Waals surface area contributed by atoms with Crippen molar-refractivity contribution in [2.24, 2.45) is 5.92 Å². The van der Waals surface area contributed by atoms with Crippen molar-refractivity contribution in [1.82, 2.24) is 16.2 Å². The van der Waals surface area contributed by atoms with Crippen molar-refractivity contribution in [2.75, 3.05) is 6.54 Å². The number of hydrazine groups is 1. The van der Waals surface area contributed by atoms with Crippen LogP contribution in [0, 0.1) is 5.92 Å². The van der Waals surface area contributed by atoms with E-state index in [4.69, 9.17) is 0 Å². The molecule has 0 aromatic carbocycles. The largest absolute Gasteiger partial charge is 0.329 e. The molecule has 0 saturated carbocycles. The lowest BCUT2D eigenvalue weighted by molar-refractivity contribution is -0.120. The van der Waals surface area contributed by atoms with Gasteiger partial charge in [0.1, 0.15) is 0 Å². The molecule has 0 spiro atoms. The Kier molecular flexibility index (Phi) is 7.54. The molecule has 0 aliphatic rings. The second-order valence-electron chi connectivity index (χ2n) is 4.13. The molecule has 0 unspecified atom stereocenters. The average molecular weight is 229 g/mol. The molecule has 0 saturated heterocycles. The summed E-state index contributed by atoms with van der Waals surface area (Å²) in [6.07, 6.45) is 1.12. The fraction of sp³-hybridized carbons (Fsp3) is 0.818. The molecule has 0 bridgehead atoms. The van der Waals surface area contributed by atoms with E-state index < -0.39 is 0 Å². The van der Waals surface area contributed by atoms with Gasteiger partial charge in [0.25, 0.3) is 0 Å². The van der Waals surface area contributed by atoms with Crippen LogP contribution in [0.15, 0.2) is 0 Å². The van der Waals surface area contributed by atoms with Crippen molar-refractivity contribution >= 4 is 11.8 Å². The highest BCUT2D eigenvalue weighted by Crippen LogP contribution is 2.07. The van der Waals surface area contributed by atoms with Crippen LogP contribution < -0.4 is 16.2 Å². The van der Waals surface area contributed by atoms with Crippen LogP contribution in [0.4, 0.5) is 4.79 Å². The summed E-state index contributed by atoms with van der Waals surface area (Å²) in [4.78, 5) is 23.0. The lowest BCUT2D eigenvalue weighted by atomic mass is 9.99. The predicted molar refractivity (Wildman–Crippen MR) is 63.9 cm³/mol. The van der Waals surface area contributed by atoms with Gasteiger partial charge in [0.2, 0.25) is 0 Å². The minimum absolute atomic E-state index is 0.0698. The molecule has 0 aromatic heterocycles. The molecule has 5 nitrogen and oxygen atoms in total. The Balaban J connectivity index is 4.19. The highest BCUT2D eigenvalue weighted by Gasteiger charge is 2.19. The maximum absolute atomic E-state index is 11.6. The van der Waals surface area contributed by atoms with Gasteiger partial charge in [-0.1, -0.05) is 27.7 Å². The minimum Gasteiger partial charge on any atom is -0.327 e. The number of amides is 2. The zero-order valence-electron chi connectivity index (χ0n) is 10.6. The molecule has 0 aliphatic carbocycles. The van der Waals surface area contributed by atoms with Crippen molar-refractivity contribution in [1.29, 1.82) is 0 Å². The topological polar surface area (TPSA) is 70.2 Å². The first kappa shape index (κ1) is 14.9. The van der Waals surface area contributed by atoms with Crippen LogP contribution >= 0.6 is 0 Å². The van der Waals surface area contributed by atoms with Crippen molar-refractivity contribution in [3.05, 3.63) is 0 Å². The van der Waals surface area contributed by atoms with Gasteiger partial charge in [-0.15, -0.1) is 0 Å². The van der Waals surface area contributed by atoms with E-state index in [0.717, 1.165) is 0 Å². The highest BCUT2D eigenvalue weighted by atomic mass is 16.2. The van der Waals surface area contributed by atoms with E-state index in [2.05, 4.69) is 16.2 Å². The lowest BCUT2D eigenvalue weighted by Gasteiger charge is -2.19. The van der Waals surface area contributed by atoms with E-state index >= 15 is 0 Å². The van der Waals surface area contributed by atoms with E-state index in [-0.39, 0.29) is 17.9 Å². The normalized spacial score (nSPS) is 12.3. The fourth-order valence-electron chi connectivity index (χ4n) is 1.35. The molecule has 94 valence electrons. The molecule has 0 rings (SSSR count). The van der Waals surface area contributed by atoms with Crippen LogP contribution in [0.3, 0.4) is 0 Å². The number of carbonyl (C=O) groups is 2. The Labute approximate surface area is 97.3 Å². The van der Waals surface area contributed by atoms with Crippen molar-refractivity contribution in [2.45, 2.75) is 46.6 Å². The Morgan fingerprint density at radius 3 is 2.25 bits per heavy atom. The molecule has 0 radical (unpaired) electrons. The van der Waals surface area contributed by atoms with Gasteiger partial charge >= 0.3 is 6.03 Å². The second-order valence-corrected chi connectivity index (χ2v) is 4.13. The minimum atomic E-state index is -0.386. The third kappa shape index (κ3) is 6.40. The molecule has 16 heavy (non-hydrogen) atoms. The smallest absolute Gasteiger partial charge is 0.327 e. The summed E-state index contributed by atoms with van der Waals surface area (Å²) >= 11 is 0. The molecule has 2 amide bonds. The number of carbonyl (C=O) groups excluding carboxylic acids is 2. The highest BCUT2D eigenvalue weighted by molar-refractivity contribution is 5.88. The number of rotatable bonds is 7. The maximum Gasteiger partial charge on any atom is 0.329 e.